The maximum Gasteiger partial charge on any atom is 0.166 e. The number of aromatic nitrogens is 4. The number of nitrogens with zero attached hydrogens (tertiary/aromatic N) is 4. The van der Waals surface area contributed by atoms with Gasteiger partial charge in [-0.25, -0.2) is 15.0 Å². The zero-order valence-electron chi connectivity index (χ0n) is 16.7. The third kappa shape index (κ3) is 4.02. The van der Waals surface area contributed by atoms with Crippen LogP contribution < -0.4 is 5.32 Å². The summed E-state index contributed by atoms with van der Waals surface area (Å²) in [4.78, 5) is 14.1. The van der Waals surface area contributed by atoms with E-state index >= 15 is 0 Å². The van der Waals surface area contributed by atoms with Crippen molar-refractivity contribution in [3.63, 3.8) is 0 Å². The number of nitrogens with one attached hydrogen (secondary N) is 1. The Hall–Kier alpha value is -2.47. The van der Waals surface area contributed by atoms with Gasteiger partial charge >= 0.3 is 0 Å². The molecule has 1 aliphatic carbocycles. The molecule has 1 aliphatic rings. The van der Waals surface area contributed by atoms with Crippen molar-refractivity contribution >= 4 is 17.0 Å². The minimum Gasteiger partial charge on any atom is -0.390 e. The second-order valence-electron chi connectivity index (χ2n) is 8.18. The molecule has 0 aliphatic heterocycles. The van der Waals surface area contributed by atoms with Crippen molar-refractivity contribution in [3.05, 3.63) is 48.0 Å². The lowest BCUT2D eigenvalue weighted by atomic mass is 9.96. The predicted octanol–water partition coefficient (Wildman–Crippen LogP) is 4.26. The summed E-state index contributed by atoms with van der Waals surface area (Å²) in [6, 6.07) is 10.5. The third-order valence-electron chi connectivity index (χ3n) is 5.68. The van der Waals surface area contributed by atoms with Gasteiger partial charge in [-0.1, -0.05) is 43.2 Å². The van der Waals surface area contributed by atoms with Gasteiger partial charge in [-0.05, 0) is 38.7 Å². The normalized spacial score (nSPS) is 16.1. The summed E-state index contributed by atoms with van der Waals surface area (Å²) in [5, 5.41) is 14.1. The zero-order chi connectivity index (χ0) is 19.6. The van der Waals surface area contributed by atoms with Crippen molar-refractivity contribution in [3.8, 4) is 0 Å². The number of benzene rings is 1. The summed E-state index contributed by atoms with van der Waals surface area (Å²) >= 11 is 0. The largest absolute Gasteiger partial charge is 0.390 e. The molecule has 3 aromatic rings. The smallest absolute Gasteiger partial charge is 0.166 e. The van der Waals surface area contributed by atoms with Gasteiger partial charge in [0.2, 0.25) is 0 Å². The van der Waals surface area contributed by atoms with Gasteiger partial charge in [-0.2, -0.15) is 0 Å². The molecule has 0 unspecified atom stereocenters. The summed E-state index contributed by atoms with van der Waals surface area (Å²) < 4.78 is 2.08. The Morgan fingerprint density at radius 2 is 1.89 bits per heavy atom. The highest BCUT2D eigenvalue weighted by Crippen LogP contribution is 2.33. The number of anilines is 1. The van der Waals surface area contributed by atoms with Crippen LogP contribution in [0.25, 0.3) is 11.2 Å². The summed E-state index contributed by atoms with van der Waals surface area (Å²) in [6.07, 6.45) is 7.23. The summed E-state index contributed by atoms with van der Waals surface area (Å²) in [6.45, 7) is 4.94. The summed E-state index contributed by atoms with van der Waals surface area (Å²) in [7, 11) is 0. The molecule has 2 N–H and O–H groups in total. The molecule has 2 heterocycles. The minimum absolute atomic E-state index is 0.272. The van der Waals surface area contributed by atoms with E-state index in [0.29, 0.717) is 19.4 Å². The topological polar surface area (TPSA) is 75.9 Å². The van der Waals surface area contributed by atoms with Gasteiger partial charge in [-0.3, -0.25) is 0 Å². The maximum absolute atomic E-state index is 10.7. The van der Waals surface area contributed by atoms with E-state index in [-0.39, 0.29) is 6.04 Å². The lowest BCUT2D eigenvalue weighted by Crippen LogP contribution is -2.25. The molecule has 0 saturated heterocycles. The fraction of sp³-hybridized carbons (Fsp3) is 0.500. The molecule has 1 fully saturated rings. The van der Waals surface area contributed by atoms with E-state index in [1.165, 1.54) is 5.56 Å². The number of aryl methyl sites for hydroxylation is 1. The van der Waals surface area contributed by atoms with Crippen molar-refractivity contribution in [2.75, 3.05) is 5.32 Å². The first-order valence-electron chi connectivity index (χ1n) is 10.3. The fourth-order valence-electron chi connectivity index (χ4n) is 3.98. The van der Waals surface area contributed by atoms with Gasteiger partial charge in [0.05, 0.1) is 11.9 Å². The molecule has 148 valence electrons. The van der Waals surface area contributed by atoms with Gasteiger partial charge in [0.15, 0.2) is 11.5 Å². The number of hydrogen-bond acceptors (Lipinski definition) is 5. The highest BCUT2D eigenvalue weighted by atomic mass is 16.3. The van der Waals surface area contributed by atoms with Crippen molar-refractivity contribution in [1.29, 1.82) is 0 Å². The van der Waals surface area contributed by atoms with Gasteiger partial charge in [0, 0.05) is 19.0 Å². The van der Waals surface area contributed by atoms with Crippen LogP contribution in [0.3, 0.4) is 0 Å². The second kappa shape index (κ2) is 7.87. The van der Waals surface area contributed by atoms with E-state index in [0.717, 1.165) is 48.5 Å². The van der Waals surface area contributed by atoms with Crippen LogP contribution in [0, 0.1) is 0 Å². The molecule has 28 heavy (non-hydrogen) atoms. The minimum atomic E-state index is -0.547. The van der Waals surface area contributed by atoms with Gasteiger partial charge in [0.25, 0.3) is 0 Å². The van der Waals surface area contributed by atoms with Crippen molar-refractivity contribution < 1.29 is 5.11 Å². The number of imidazole rings is 1. The van der Waals surface area contributed by atoms with E-state index in [9.17, 15) is 5.11 Å². The fourth-order valence-corrected chi connectivity index (χ4v) is 3.98. The van der Waals surface area contributed by atoms with E-state index in [1.807, 2.05) is 24.5 Å². The van der Waals surface area contributed by atoms with Crippen molar-refractivity contribution in [2.24, 2.45) is 0 Å². The molecule has 4 rings (SSSR count). The van der Waals surface area contributed by atoms with E-state index in [2.05, 4.69) is 40.8 Å². The Bertz CT molecular complexity index is 929. The Kier molecular flexibility index (Phi) is 5.31. The van der Waals surface area contributed by atoms with Crippen LogP contribution in [0.2, 0.25) is 0 Å². The highest BCUT2D eigenvalue weighted by molar-refractivity contribution is 5.83. The molecule has 0 amide bonds. The van der Waals surface area contributed by atoms with E-state index in [4.69, 9.17) is 9.97 Å². The molecular formula is C22H29N5O. The molecule has 0 bridgehead atoms. The standard InChI is InChI=1S/C22H29N5O/c1-16(2)27-15-24-19-20(23-14-17-8-4-3-5-9-17)25-18(26-21(19)27)10-13-22(28)11-6-7-12-22/h3-5,8-9,15-16,28H,6-7,10-14H2,1-2H3,(H,23,25,26). The van der Waals surface area contributed by atoms with E-state index in [1.54, 1.807) is 0 Å². The van der Waals surface area contributed by atoms with Crippen LogP contribution in [0.5, 0.6) is 0 Å². The zero-order valence-corrected chi connectivity index (χ0v) is 16.7. The molecular weight excluding hydrogens is 350 g/mol. The van der Waals surface area contributed by atoms with Crippen LogP contribution in [0.1, 0.15) is 63.4 Å². The molecule has 1 aromatic carbocycles. The average molecular weight is 380 g/mol. The molecule has 6 heteroatoms. The first kappa shape index (κ1) is 18.9. The Labute approximate surface area is 166 Å². The lowest BCUT2D eigenvalue weighted by Gasteiger charge is -2.21. The molecule has 2 aromatic heterocycles. The van der Waals surface area contributed by atoms with Gasteiger partial charge in [0.1, 0.15) is 11.3 Å². The number of fused-ring (bicyclic) bond motifs is 1. The lowest BCUT2D eigenvalue weighted by molar-refractivity contribution is 0.0386. The quantitative estimate of drug-likeness (QED) is 0.641. The van der Waals surface area contributed by atoms with Crippen LogP contribution in [-0.2, 0) is 13.0 Å². The SMILES string of the molecule is CC(C)n1cnc2c(NCc3ccccc3)nc(CCC3(O)CCCC3)nc21. The highest BCUT2D eigenvalue weighted by Gasteiger charge is 2.31. The molecule has 1 saturated carbocycles. The van der Waals surface area contributed by atoms with Gasteiger partial charge in [-0.15, -0.1) is 0 Å². The molecule has 6 nitrogen and oxygen atoms in total. The predicted molar refractivity (Wildman–Crippen MR) is 111 cm³/mol. The first-order chi connectivity index (χ1) is 13.5. The summed E-state index contributed by atoms with van der Waals surface area (Å²) in [5.41, 5.74) is 2.30. The van der Waals surface area contributed by atoms with Crippen LogP contribution in [0.4, 0.5) is 5.82 Å². The monoisotopic (exact) mass is 379 g/mol. The second-order valence-corrected chi connectivity index (χ2v) is 8.18. The molecule has 0 spiro atoms. The van der Waals surface area contributed by atoms with Crippen LogP contribution in [0.15, 0.2) is 36.7 Å². The van der Waals surface area contributed by atoms with Crippen molar-refractivity contribution in [1.82, 2.24) is 19.5 Å². The Morgan fingerprint density at radius 1 is 1.14 bits per heavy atom. The Balaban J connectivity index is 1.62. The number of aliphatic hydroxyl groups is 1. The Morgan fingerprint density at radius 3 is 2.61 bits per heavy atom. The average Bonchev–Trinajstić information content (AvgIpc) is 3.32. The number of hydrogen-bond donors (Lipinski definition) is 2. The molecule has 0 atom stereocenters. The number of rotatable bonds is 7. The molecule has 0 radical (unpaired) electrons. The maximum atomic E-state index is 10.7. The van der Waals surface area contributed by atoms with Crippen molar-refractivity contribution in [2.45, 2.75) is 70.6 Å². The third-order valence-corrected chi connectivity index (χ3v) is 5.68. The van der Waals surface area contributed by atoms with Gasteiger partial charge < -0.3 is 15.0 Å². The summed E-state index contributed by atoms with van der Waals surface area (Å²) in [5.74, 6) is 1.53. The van der Waals surface area contributed by atoms with E-state index < -0.39 is 5.60 Å². The van der Waals surface area contributed by atoms with Crippen LogP contribution >= 0.6 is 0 Å². The first-order valence-corrected chi connectivity index (χ1v) is 10.3. The van der Waals surface area contributed by atoms with Crippen LogP contribution in [-0.4, -0.2) is 30.2 Å².